The van der Waals surface area contributed by atoms with Crippen LogP contribution in [0.2, 0.25) is 5.02 Å². The number of benzene rings is 1. The SMILES string of the molecule is Cc1c(-c2cc3cc(NC(=O)O[C@H]4CCN(C(=O)OC(C)(C)C)C[C@H]4F)ncc3c(Cl)c2F)cnc2c1N(C(=O)OC(C)(C)C)CCO2. The van der Waals surface area contributed by atoms with Crippen molar-refractivity contribution in [3.8, 4) is 17.0 Å². The second-order valence-electron chi connectivity index (χ2n) is 13.6. The lowest BCUT2D eigenvalue weighted by molar-refractivity contribution is -0.0213. The van der Waals surface area contributed by atoms with E-state index in [0.717, 1.165) is 0 Å². The molecule has 2 aliphatic heterocycles. The molecular weight excluding hydrogens is 652 g/mol. The van der Waals surface area contributed by atoms with Gasteiger partial charge in [0.15, 0.2) is 6.17 Å². The fourth-order valence-corrected chi connectivity index (χ4v) is 5.64. The molecule has 3 amide bonds. The van der Waals surface area contributed by atoms with E-state index >= 15 is 4.39 Å². The standard InChI is InChI=1S/C33H38ClF2N5O7/c1-17-20(14-38-28-27(17)41(10-11-45-28)31(44)48-33(5,6)7)19-12-18-13-24(37-15-21(18)25(34)26(19)36)39-29(42)46-23-8-9-40(16-22(23)35)30(43)47-32(2,3)4/h12-15,22-23H,8-11,16H2,1-7H3,(H,37,39,42)/t22-,23+/m1/s1. The topological polar surface area (TPSA) is 132 Å². The number of halogens is 3. The van der Waals surface area contributed by atoms with Crippen LogP contribution in [0.1, 0.15) is 53.5 Å². The van der Waals surface area contributed by atoms with Crippen molar-refractivity contribution in [3.05, 3.63) is 40.9 Å². The zero-order valence-corrected chi connectivity index (χ0v) is 28.5. The van der Waals surface area contributed by atoms with Crippen LogP contribution in [0.15, 0.2) is 24.5 Å². The molecule has 0 saturated carbocycles. The molecule has 1 saturated heterocycles. The summed E-state index contributed by atoms with van der Waals surface area (Å²) in [5.74, 6) is -0.475. The Labute approximate surface area is 281 Å². The number of nitrogens with one attached hydrogen (secondary N) is 1. The number of hydrogen-bond donors (Lipinski definition) is 1. The number of pyridine rings is 2. The highest BCUT2D eigenvalue weighted by Crippen LogP contribution is 2.42. The first-order valence-corrected chi connectivity index (χ1v) is 15.8. The summed E-state index contributed by atoms with van der Waals surface area (Å²) in [4.78, 5) is 49.3. The van der Waals surface area contributed by atoms with Crippen molar-refractivity contribution in [2.24, 2.45) is 0 Å². The maximum absolute atomic E-state index is 15.8. The Hall–Kier alpha value is -4.46. The van der Waals surface area contributed by atoms with Gasteiger partial charge in [-0.2, -0.15) is 0 Å². The number of nitrogens with zero attached hydrogens (tertiary/aromatic N) is 4. The highest BCUT2D eigenvalue weighted by Gasteiger charge is 2.36. The molecule has 1 N–H and O–H groups in total. The lowest BCUT2D eigenvalue weighted by Crippen LogP contribution is -2.50. The molecule has 3 aromatic rings. The van der Waals surface area contributed by atoms with Crippen LogP contribution in [0, 0.1) is 12.7 Å². The molecule has 15 heteroatoms. The third-order valence-corrected chi connectivity index (χ3v) is 7.89. The van der Waals surface area contributed by atoms with E-state index < -0.39 is 47.6 Å². The number of alkyl halides is 1. The quantitative estimate of drug-likeness (QED) is 0.279. The average Bonchev–Trinajstić information content (AvgIpc) is 2.98. The number of amides is 3. The van der Waals surface area contributed by atoms with Gasteiger partial charge < -0.3 is 23.8 Å². The molecule has 0 radical (unpaired) electrons. The zero-order chi connectivity index (χ0) is 35.1. The van der Waals surface area contributed by atoms with Crippen LogP contribution < -0.4 is 15.0 Å². The number of likely N-dealkylation sites (tertiary alicyclic amines) is 1. The zero-order valence-electron chi connectivity index (χ0n) is 27.8. The molecule has 4 heterocycles. The average molecular weight is 690 g/mol. The number of anilines is 2. The van der Waals surface area contributed by atoms with Gasteiger partial charge in [-0.25, -0.2) is 33.1 Å². The number of ether oxygens (including phenoxy) is 4. The normalized spacial score (nSPS) is 18.1. The molecule has 0 aliphatic carbocycles. The lowest BCUT2D eigenvalue weighted by Gasteiger charge is -2.35. The molecule has 5 rings (SSSR count). The molecule has 0 bridgehead atoms. The van der Waals surface area contributed by atoms with E-state index in [0.29, 0.717) is 22.2 Å². The summed E-state index contributed by atoms with van der Waals surface area (Å²) < 4.78 is 52.6. The summed E-state index contributed by atoms with van der Waals surface area (Å²) in [7, 11) is 0. The first-order valence-electron chi connectivity index (χ1n) is 15.4. The molecular formula is C33H38ClF2N5O7. The fraction of sp³-hybridized carbons (Fsp3) is 0.485. The Bertz CT molecular complexity index is 1760. The molecule has 2 atom stereocenters. The number of hydrogen-bond acceptors (Lipinski definition) is 9. The molecule has 0 unspecified atom stereocenters. The molecule has 0 spiro atoms. The number of fused-ring (bicyclic) bond motifs is 2. The minimum atomic E-state index is -1.63. The summed E-state index contributed by atoms with van der Waals surface area (Å²) in [5, 5.41) is 2.97. The van der Waals surface area contributed by atoms with Crippen LogP contribution in [0.4, 0.5) is 34.7 Å². The fourth-order valence-electron chi connectivity index (χ4n) is 5.38. The van der Waals surface area contributed by atoms with E-state index in [1.807, 2.05) is 0 Å². The summed E-state index contributed by atoms with van der Waals surface area (Å²) in [5.41, 5.74) is -0.168. The largest absolute Gasteiger partial charge is 0.474 e. The first-order chi connectivity index (χ1) is 22.4. The van der Waals surface area contributed by atoms with E-state index in [4.69, 9.17) is 30.5 Å². The van der Waals surface area contributed by atoms with Gasteiger partial charge >= 0.3 is 18.3 Å². The molecule has 1 fully saturated rings. The van der Waals surface area contributed by atoms with E-state index in [9.17, 15) is 18.8 Å². The number of aromatic nitrogens is 2. The van der Waals surface area contributed by atoms with Gasteiger partial charge in [0, 0.05) is 41.9 Å². The van der Waals surface area contributed by atoms with Crippen LogP contribution in [0.25, 0.3) is 21.9 Å². The summed E-state index contributed by atoms with van der Waals surface area (Å²) in [6.45, 7) is 12.4. The Morgan fingerprint density at radius 1 is 1.00 bits per heavy atom. The monoisotopic (exact) mass is 689 g/mol. The smallest absolute Gasteiger partial charge is 0.415 e. The van der Waals surface area contributed by atoms with E-state index in [2.05, 4.69) is 15.3 Å². The first kappa shape index (κ1) is 34.9. The molecule has 48 heavy (non-hydrogen) atoms. The van der Waals surface area contributed by atoms with Crippen molar-refractivity contribution in [3.63, 3.8) is 0 Å². The van der Waals surface area contributed by atoms with Gasteiger partial charge in [0.1, 0.15) is 41.2 Å². The van der Waals surface area contributed by atoms with Crippen LogP contribution in [0.3, 0.4) is 0 Å². The lowest BCUT2D eigenvalue weighted by atomic mass is 9.97. The second kappa shape index (κ2) is 13.2. The van der Waals surface area contributed by atoms with Crippen LogP contribution >= 0.6 is 11.6 Å². The van der Waals surface area contributed by atoms with Crippen molar-refractivity contribution in [1.29, 1.82) is 0 Å². The van der Waals surface area contributed by atoms with Crippen molar-refractivity contribution >= 4 is 52.2 Å². The van der Waals surface area contributed by atoms with Crippen LogP contribution in [-0.4, -0.2) is 82.9 Å². The number of rotatable bonds is 3. The summed E-state index contributed by atoms with van der Waals surface area (Å²) >= 11 is 6.47. The van der Waals surface area contributed by atoms with Crippen molar-refractivity contribution in [2.45, 2.75) is 78.4 Å². The van der Waals surface area contributed by atoms with Gasteiger partial charge in [0.25, 0.3) is 0 Å². The van der Waals surface area contributed by atoms with Gasteiger partial charge in [-0.3, -0.25) is 10.2 Å². The summed E-state index contributed by atoms with van der Waals surface area (Å²) in [6.07, 6.45) is -2.10. The maximum Gasteiger partial charge on any atom is 0.415 e. The number of piperidine rings is 1. The third-order valence-electron chi connectivity index (χ3n) is 7.52. The Balaban J connectivity index is 1.36. The second-order valence-corrected chi connectivity index (χ2v) is 14.0. The van der Waals surface area contributed by atoms with Gasteiger partial charge in [-0.1, -0.05) is 11.6 Å². The Kier molecular flexibility index (Phi) is 9.60. The van der Waals surface area contributed by atoms with Gasteiger partial charge in [-0.15, -0.1) is 0 Å². The van der Waals surface area contributed by atoms with Crippen molar-refractivity contribution < 1.29 is 42.1 Å². The Morgan fingerprint density at radius 2 is 1.69 bits per heavy atom. The highest BCUT2D eigenvalue weighted by atomic mass is 35.5. The molecule has 2 aliphatic rings. The predicted octanol–water partition coefficient (Wildman–Crippen LogP) is 7.43. The van der Waals surface area contributed by atoms with E-state index in [-0.39, 0.29) is 60.3 Å². The number of carbonyl (C=O) groups excluding carboxylic acids is 3. The van der Waals surface area contributed by atoms with Crippen LogP contribution in [-0.2, 0) is 14.2 Å². The molecule has 12 nitrogen and oxygen atoms in total. The van der Waals surface area contributed by atoms with Gasteiger partial charge in [0.05, 0.1) is 18.1 Å². The minimum absolute atomic E-state index is 0.0486. The predicted molar refractivity (Wildman–Crippen MR) is 175 cm³/mol. The van der Waals surface area contributed by atoms with Gasteiger partial charge in [-0.05, 0) is 71.5 Å². The van der Waals surface area contributed by atoms with Crippen molar-refractivity contribution in [2.75, 3.05) is 36.5 Å². The van der Waals surface area contributed by atoms with E-state index in [1.54, 1.807) is 48.5 Å². The third kappa shape index (κ3) is 7.64. The number of carbonyl (C=O) groups is 3. The highest BCUT2D eigenvalue weighted by molar-refractivity contribution is 6.36. The van der Waals surface area contributed by atoms with Crippen molar-refractivity contribution in [1.82, 2.24) is 14.9 Å². The minimum Gasteiger partial charge on any atom is -0.474 e. The summed E-state index contributed by atoms with van der Waals surface area (Å²) in [6, 6.07) is 3.00. The Morgan fingerprint density at radius 3 is 2.35 bits per heavy atom. The van der Waals surface area contributed by atoms with Crippen LogP contribution in [0.5, 0.6) is 5.88 Å². The molecule has 258 valence electrons. The van der Waals surface area contributed by atoms with E-state index in [1.165, 1.54) is 34.3 Å². The molecule has 2 aromatic heterocycles. The van der Waals surface area contributed by atoms with Gasteiger partial charge in [0.2, 0.25) is 5.88 Å². The maximum atomic E-state index is 15.8. The molecule has 1 aromatic carbocycles.